The van der Waals surface area contributed by atoms with Crippen LogP contribution in [0.15, 0.2) is 24.3 Å². The Morgan fingerprint density at radius 1 is 1.40 bits per heavy atom. The van der Waals surface area contributed by atoms with E-state index in [1.807, 2.05) is 24.3 Å². The van der Waals surface area contributed by atoms with Crippen LogP contribution in [0, 0.1) is 5.41 Å². The first-order valence-corrected chi connectivity index (χ1v) is 7.38. The van der Waals surface area contributed by atoms with Gasteiger partial charge < -0.3 is 15.7 Å². The van der Waals surface area contributed by atoms with Crippen LogP contribution in [0.2, 0.25) is 0 Å². The van der Waals surface area contributed by atoms with E-state index in [4.69, 9.17) is 0 Å². The molecule has 0 unspecified atom stereocenters. The molecule has 0 radical (unpaired) electrons. The Bertz CT molecular complexity index is 511. The zero-order valence-electron chi connectivity index (χ0n) is 11.9. The molecule has 1 aromatic rings. The summed E-state index contributed by atoms with van der Waals surface area (Å²) in [7, 11) is 0. The minimum absolute atomic E-state index is 0.182. The maximum Gasteiger partial charge on any atom is 0.315 e. The topological polar surface area (TPSA) is 61.4 Å². The van der Waals surface area contributed by atoms with Crippen molar-refractivity contribution >= 4 is 6.03 Å². The number of fused-ring (bicyclic) bond motifs is 1. The molecular formula is C16H22N2O2. The molecule has 0 aliphatic heterocycles. The van der Waals surface area contributed by atoms with Gasteiger partial charge in [-0.2, -0.15) is 0 Å². The number of hydrogen-bond donors (Lipinski definition) is 3. The average molecular weight is 274 g/mol. The Morgan fingerprint density at radius 3 is 2.85 bits per heavy atom. The van der Waals surface area contributed by atoms with E-state index in [0.717, 1.165) is 11.1 Å². The molecule has 0 heterocycles. The Kier molecular flexibility index (Phi) is 3.42. The van der Waals surface area contributed by atoms with Crippen LogP contribution in [0.3, 0.4) is 0 Å². The molecule has 0 saturated heterocycles. The molecule has 0 spiro atoms. The van der Waals surface area contributed by atoms with Gasteiger partial charge in [-0.15, -0.1) is 0 Å². The molecule has 4 nitrogen and oxygen atoms in total. The summed E-state index contributed by atoms with van der Waals surface area (Å²) in [6, 6.07) is 7.42. The van der Waals surface area contributed by atoms with Crippen molar-refractivity contribution in [2.75, 3.05) is 6.54 Å². The zero-order valence-corrected chi connectivity index (χ0v) is 11.9. The predicted octanol–water partition coefficient (Wildman–Crippen LogP) is 2.13. The standard InChI is InChI=1S/C16H22N2O2/c1-16(7-4-8-16)10-17-15(20)18-14-12-6-3-2-5-11(12)9-13(14)19/h2-3,5-6,13-14,19H,4,7-10H2,1H3,(H2,17,18,20)/t13-,14+/m1/s1. The lowest BCUT2D eigenvalue weighted by Crippen LogP contribution is -2.46. The SMILES string of the molecule is CC1(CNC(=O)N[C@H]2c3ccccc3C[C@H]2O)CCC1. The van der Waals surface area contributed by atoms with Gasteiger partial charge in [-0.3, -0.25) is 0 Å². The molecule has 3 N–H and O–H groups in total. The van der Waals surface area contributed by atoms with Gasteiger partial charge in [-0.1, -0.05) is 37.6 Å². The summed E-state index contributed by atoms with van der Waals surface area (Å²) < 4.78 is 0. The van der Waals surface area contributed by atoms with Gasteiger partial charge in [-0.05, 0) is 29.4 Å². The Hall–Kier alpha value is -1.55. The summed E-state index contributed by atoms with van der Waals surface area (Å²) in [5.41, 5.74) is 2.42. The van der Waals surface area contributed by atoms with E-state index in [0.29, 0.717) is 13.0 Å². The van der Waals surface area contributed by atoms with Crippen LogP contribution in [0.4, 0.5) is 4.79 Å². The highest BCUT2D eigenvalue weighted by Crippen LogP contribution is 2.39. The van der Waals surface area contributed by atoms with Crippen molar-refractivity contribution in [3.63, 3.8) is 0 Å². The Balaban J connectivity index is 1.58. The van der Waals surface area contributed by atoms with Crippen molar-refractivity contribution < 1.29 is 9.90 Å². The third kappa shape index (κ3) is 2.52. The second-order valence-electron chi connectivity index (χ2n) is 6.44. The van der Waals surface area contributed by atoms with Gasteiger partial charge in [0.05, 0.1) is 12.1 Å². The van der Waals surface area contributed by atoms with E-state index < -0.39 is 6.10 Å². The lowest BCUT2D eigenvalue weighted by molar-refractivity contribution is 0.136. The first-order valence-electron chi connectivity index (χ1n) is 7.38. The summed E-state index contributed by atoms with van der Waals surface area (Å²) in [5.74, 6) is 0. The molecule has 1 fully saturated rings. The highest BCUT2D eigenvalue weighted by Gasteiger charge is 2.34. The molecule has 1 aromatic carbocycles. The fraction of sp³-hybridized carbons (Fsp3) is 0.562. The summed E-state index contributed by atoms with van der Waals surface area (Å²) in [4.78, 5) is 12.0. The van der Waals surface area contributed by atoms with E-state index in [1.54, 1.807) is 0 Å². The van der Waals surface area contributed by atoms with Gasteiger partial charge in [0.1, 0.15) is 0 Å². The normalized spacial score (nSPS) is 26.5. The minimum atomic E-state index is -0.530. The maximum atomic E-state index is 12.0. The summed E-state index contributed by atoms with van der Waals surface area (Å²) >= 11 is 0. The highest BCUT2D eigenvalue weighted by molar-refractivity contribution is 5.74. The average Bonchev–Trinajstić information content (AvgIpc) is 2.71. The molecule has 2 aliphatic carbocycles. The van der Waals surface area contributed by atoms with Gasteiger partial charge in [0.15, 0.2) is 0 Å². The van der Waals surface area contributed by atoms with E-state index in [2.05, 4.69) is 17.6 Å². The van der Waals surface area contributed by atoms with Crippen LogP contribution >= 0.6 is 0 Å². The third-order valence-corrected chi connectivity index (χ3v) is 4.73. The molecule has 1 saturated carbocycles. The molecule has 0 bridgehead atoms. The smallest absolute Gasteiger partial charge is 0.315 e. The van der Waals surface area contributed by atoms with Crippen LogP contribution in [-0.2, 0) is 6.42 Å². The number of benzene rings is 1. The van der Waals surface area contributed by atoms with Gasteiger partial charge in [-0.25, -0.2) is 4.79 Å². The number of hydrogen-bond acceptors (Lipinski definition) is 2. The van der Waals surface area contributed by atoms with Crippen LogP contribution in [0.5, 0.6) is 0 Å². The Labute approximate surface area is 119 Å². The van der Waals surface area contributed by atoms with E-state index in [9.17, 15) is 9.90 Å². The quantitative estimate of drug-likeness (QED) is 0.790. The number of aliphatic hydroxyl groups excluding tert-OH is 1. The molecule has 0 aromatic heterocycles. The monoisotopic (exact) mass is 274 g/mol. The van der Waals surface area contributed by atoms with E-state index in [1.165, 1.54) is 19.3 Å². The molecular weight excluding hydrogens is 252 g/mol. The van der Waals surface area contributed by atoms with Crippen molar-refractivity contribution in [3.8, 4) is 0 Å². The number of amides is 2. The Morgan fingerprint density at radius 2 is 2.15 bits per heavy atom. The second-order valence-corrected chi connectivity index (χ2v) is 6.44. The van der Waals surface area contributed by atoms with Crippen molar-refractivity contribution in [1.29, 1.82) is 0 Å². The molecule has 108 valence electrons. The van der Waals surface area contributed by atoms with Gasteiger partial charge in [0.25, 0.3) is 0 Å². The molecule has 2 amide bonds. The van der Waals surface area contributed by atoms with Gasteiger partial charge in [0.2, 0.25) is 0 Å². The minimum Gasteiger partial charge on any atom is -0.390 e. The van der Waals surface area contributed by atoms with Crippen molar-refractivity contribution in [1.82, 2.24) is 10.6 Å². The molecule has 20 heavy (non-hydrogen) atoms. The number of carbonyl (C=O) groups is 1. The lowest BCUT2D eigenvalue weighted by Gasteiger charge is -2.38. The van der Waals surface area contributed by atoms with Gasteiger partial charge >= 0.3 is 6.03 Å². The molecule has 2 atom stereocenters. The number of rotatable bonds is 3. The summed E-state index contributed by atoms with van der Waals surface area (Å²) in [6.07, 6.45) is 3.70. The van der Waals surface area contributed by atoms with Crippen LogP contribution in [0.25, 0.3) is 0 Å². The first kappa shape index (κ1) is 13.4. The van der Waals surface area contributed by atoms with Gasteiger partial charge in [0, 0.05) is 13.0 Å². The largest absolute Gasteiger partial charge is 0.390 e. The predicted molar refractivity (Wildman–Crippen MR) is 77.4 cm³/mol. The number of urea groups is 1. The fourth-order valence-corrected chi connectivity index (χ4v) is 3.19. The summed E-state index contributed by atoms with van der Waals surface area (Å²) in [5, 5.41) is 15.9. The van der Waals surface area contributed by atoms with Crippen LogP contribution in [0.1, 0.15) is 43.4 Å². The molecule has 3 rings (SSSR count). The number of aliphatic hydroxyl groups is 1. The second kappa shape index (κ2) is 5.09. The van der Waals surface area contributed by atoms with Crippen LogP contribution in [-0.4, -0.2) is 23.8 Å². The van der Waals surface area contributed by atoms with Crippen LogP contribution < -0.4 is 10.6 Å². The number of nitrogens with one attached hydrogen (secondary N) is 2. The first-order chi connectivity index (χ1) is 9.57. The van der Waals surface area contributed by atoms with Crippen molar-refractivity contribution in [2.45, 2.75) is 44.8 Å². The summed E-state index contributed by atoms with van der Waals surface area (Å²) in [6.45, 7) is 2.92. The van der Waals surface area contributed by atoms with E-state index in [-0.39, 0.29) is 17.5 Å². The molecule has 4 heteroatoms. The van der Waals surface area contributed by atoms with Crippen molar-refractivity contribution in [3.05, 3.63) is 35.4 Å². The molecule has 2 aliphatic rings. The third-order valence-electron chi connectivity index (χ3n) is 4.73. The lowest BCUT2D eigenvalue weighted by atomic mass is 9.70. The highest BCUT2D eigenvalue weighted by atomic mass is 16.3. The zero-order chi connectivity index (χ0) is 14.2. The number of carbonyl (C=O) groups excluding carboxylic acids is 1. The van der Waals surface area contributed by atoms with E-state index >= 15 is 0 Å². The van der Waals surface area contributed by atoms with Crippen molar-refractivity contribution in [2.24, 2.45) is 5.41 Å². The fourth-order valence-electron chi connectivity index (χ4n) is 3.19. The maximum absolute atomic E-state index is 12.0.